The average molecular weight is 165 g/mol. The first-order valence-electron chi connectivity index (χ1n) is 3.91. The Balaban J connectivity index is 3.20. The molecule has 0 aromatic heterocycles. The van der Waals surface area contributed by atoms with Gasteiger partial charge < -0.3 is 16.4 Å². The van der Waals surface area contributed by atoms with E-state index in [1.165, 1.54) is 0 Å². The third-order valence-corrected chi connectivity index (χ3v) is 1.82. The first-order chi connectivity index (χ1) is 5.66. The Morgan fingerprint density at radius 2 is 2.00 bits per heavy atom. The number of para-hydroxylation sites is 1. The lowest BCUT2D eigenvalue weighted by Gasteiger charge is -2.18. The van der Waals surface area contributed by atoms with Crippen molar-refractivity contribution in [3.63, 3.8) is 0 Å². The van der Waals surface area contributed by atoms with Gasteiger partial charge in [0.15, 0.2) is 0 Å². The van der Waals surface area contributed by atoms with Crippen LogP contribution < -0.4 is 16.4 Å². The van der Waals surface area contributed by atoms with Gasteiger partial charge in [0, 0.05) is 20.6 Å². The van der Waals surface area contributed by atoms with Gasteiger partial charge in [-0.25, -0.2) is 0 Å². The Kier molecular flexibility index (Phi) is 2.55. The van der Waals surface area contributed by atoms with E-state index in [4.69, 9.17) is 11.5 Å². The molecule has 0 aliphatic carbocycles. The second-order valence-electron chi connectivity index (χ2n) is 2.95. The molecule has 0 unspecified atom stereocenters. The lowest BCUT2D eigenvalue weighted by atomic mass is 10.1. The van der Waals surface area contributed by atoms with Crippen molar-refractivity contribution in [2.45, 2.75) is 6.54 Å². The predicted octanol–water partition coefficient (Wildman–Crippen LogP) is 0.794. The number of benzene rings is 1. The summed E-state index contributed by atoms with van der Waals surface area (Å²) in [7, 11) is 3.93. The summed E-state index contributed by atoms with van der Waals surface area (Å²) >= 11 is 0. The average Bonchev–Trinajstić information content (AvgIpc) is 2.03. The van der Waals surface area contributed by atoms with Crippen molar-refractivity contribution < 1.29 is 0 Å². The van der Waals surface area contributed by atoms with E-state index < -0.39 is 0 Å². The van der Waals surface area contributed by atoms with E-state index in [-0.39, 0.29) is 0 Å². The molecule has 0 radical (unpaired) electrons. The van der Waals surface area contributed by atoms with Crippen molar-refractivity contribution in [3.8, 4) is 0 Å². The van der Waals surface area contributed by atoms with E-state index in [1.807, 2.05) is 37.2 Å². The van der Waals surface area contributed by atoms with Crippen LogP contribution in [0.15, 0.2) is 18.2 Å². The smallest absolute Gasteiger partial charge is 0.0640 e. The molecule has 3 heteroatoms. The molecule has 0 amide bonds. The van der Waals surface area contributed by atoms with Crippen molar-refractivity contribution in [1.82, 2.24) is 0 Å². The first kappa shape index (κ1) is 8.87. The SMILES string of the molecule is CN(C)c1c(N)cccc1CN. The Hall–Kier alpha value is -1.22. The van der Waals surface area contributed by atoms with Gasteiger partial charge >= 0.3 is 0 Å². The normalized spacial score (nSPS) is 9.92. The van der Waals surface area contributed by atoms with E-state index in [1.54, 1.807) is 0 Å². The summed E-state index contributed by atoms with van der Waals surface area (Å²) < 4.78 is 0. The van der Waals surface area contributed by atoms with Gasteiger partial charge in [0.25, 0.3) is 0 Å². The molecule has 0 spiro atoms. The first-order valence-corrected chi connectivity index (χ1v) is 3.91. The molecule has 0 aliphatic rings. The monoisotopic (exact) mass is 165 g/mol. The number of anilines is 2. The van der Waals surface area contributed by atoms with Gasteiger partial charge in [0.1, 0.15) is 0 Å². The summed E-state index contributed by atoms with van der Waals surface area (Å²) in [4.78, 5) is 1.98. The van der Waals surface area contributed by atoms with Gasteiger partial charge in [-0.05, 0) is 11.6 Å². The van der Waals surface area contributed by atoms with E-state index in [9.17, 15) is 0 Å². The molecule has 3 nitrogen and oxygen atoms in total. The van der Waals surface area contributed by atoms with Crippen LogP contribution in [0.2, 0.25) is 0 Å². The summed E-state index contributed by atoms with van der Waals surface area (Å²) in [5.74, 6) is 0. The largest absolute Gasteiger partial charge is 0.397 e. The van der Waals surface area contributed by atoms with E-state index in [2.05, 4.69) is 0 Å². The Morgan fingerprint density at radius 3 is 2.42 bits per heavy atom. The van der Waals surface area contributed by atoms with Crippen LogP contribution in [0.5, 0.6) is 0 Å². The molecule has 1 rings (SSSR count). The third-order valence-electron chi connectivity index (χ3n) is 1.82. The molecule has 1 aromatic rings. The fraction of sp³-hybridized carbons (Fsp3) is 0.333. The van der Waals surface area contributed by atoms with E-state index in [0.717, 1.165) is 16.9 Å². The molecule has 0 atom stereocenters. The fourth-order valence-corrected chi connectivity index (χ4v) is 1.32. The quantitative estimate of drug-likeness (QED) is 0.637. The molecule has 1 aromatic carbocycles. The van der Waals surface area contributed by atoms with Crippen LogP contribution in [-0.4, -0.2) is 14.1 Å². The van der Waals surface area contributed by atoms with Crippen LogP contribution in [0.3, 0.4) is 0 Å². The van der Waals surface area contributed by atoms with Gasteiger partial charge in [-0.3, -0.25) is 0 Å². The second-order valence-corrected chi connectivity index (χ2v) is 2.95. The topological polar surface area (TPSA) is 55.3 Å². The zero-order valence-electron chi connectivity index (χ0n) is 7.54. The van der Waals surface area contributed by atoms with Crippen molar-refractivity contribution >= 4 is 11.4 Å². The number of nitrogen functional groups attached to an aromatic ring is 1. The van der Waals surface area contributed by atoms with Crippen molar-refractivity contribution in [1.29, 1.82) is 0 Å². The van der Waals surface area contributed by atoms with Crippen LogP contribution in [0.1, 0.15) is 5.56 Å². The fourth-order valence-electron chi connectivity index (χ4n) is 1.32. The highest BCUT2D eigenvalue weighted by Gasteiger charge is 2.05. The van der Waals surface area contributed by atoms with E-state index >= 15 is 0 Å². The molecule has 0 heterocycles. The van der Waals surface area contributed by atoms with Crippen LogP contribution >= 0.6 is 0 Å². The minimum atomic E-state index is 0.526. The highest BCUT2D eigenvalue weighted by atomic mass is 15.1. The lowest BCUT2D eigenvalue weighted by Crippen LogP contribution is -2.15. The maximum atomic E-state index is 5.80. The number of rotatable bonds is 2. The van der Waals surface area contributed by atoms with Crippen molar-refractivity contribution in [2.75, 3.05) is 24.7 Å². The van der Waals surface area contributed by atoms with Crippen molar-refractivity contribution in [3.05, 3.63) is 23.8 Å². The molecule has 0 fully saturated rings. The Morgan fingerprint density at radius 1 is 1.33 bits per heavy atom. The van der Waals surface area contributed by atoms with Crippen LogP contribution in [0.25, 0.3) is 0 Å². The standard InChI is InChI=1S/C9H15N3/c1-12(2)9-7(6-10)4-3-5-8(9)11/h3-5H,6,10-11H2,1-2H3. The highest BCUT2D eigenvalue weighted by Crippen LogP contribution is 2.25. The van der Waals surface area contributed by atoms with Crippen LogP contribution in [0, 0.1) is 0 Å². The number of nitrogens with two attached hydrogens (primary N) is 2. The third kappa shape index (κ3) is 1.51. The lowest BCUT2D eigenvalue weighted by molar-refractivity contribution is 1.03. The number of nitrogens with zero attached hydrogens (tertiary/aromatic N) is 1. The van der Waals surface area contributed by atoms with Gasteiger partial charge in [-0.1, -0.05) is 12.1 Å². The zero-order chi connectivity index (χ0) is 9.14. The molecule has 0 saturated carbocycles. The molecule has 12 heavy (non-hydrogen) atoms. The Labute approximate surface area is 73.0 Å². The molecular formula is C9H15N3. The summed E-state index contributed by atoms with van der Waals surface area (Å²) in [6.07, 6.45) is 0. The highest BCUT2D eigenvalue weighted by molar-refractivity contribution is 5.70. The van der Waals surface area contributed by atoms with Gasteiger partial charge in [-0.15, -0.1) is 0 Å². The van der Waals surface area contributed by atoms with Crippen molar-refractivity contribution in [2.24, 2.45) is 5.73 Å². The molecule has 0 aliphatic heterocycles. The van der Waals surface area contributed by atoms with Crippen LogP contribution in [-0.2, 0) is 6.54 Å². The van der Waals surface area contributed by atoms with Gasteiger partial charge in [0.05, 0.1) is 11.4 Å². The minimum Gasteiger partial charge on any atom is -0.397 e. The Bertz CT molecular complexity index is 268. The summed E-state index contributed by atoms with van der Waals surface area (Å²) in [5.41, 5.74) is 14.3. The molecule has 66 valence electrons. The van der Waals surface area contributed by atoms with Gasteiger partial charge in [-0.2, -0.15) is 0 Å². The van der Waals surface area contributed by atoms with E-state index in [0.29, 0.717) is 6.54 Å². The number of hydrogen-bond donors (Lipinski definition) is 2. The molecule has 4 N–H and O–H groups in total. The molecular weight excluding hydrogens is 150 g/mol. The van der Waals surface area contributed by atoms with Crippen LogP contribution in [0.4, 0.5) is 11.4 Å². The second kappa shape index (κ2) is 3.45. The van der Waals surface area contributed by atoms with Gasteiger partial charge in [0.2, 0.25) is 0 Å². The summed E-state index contributed by atoms with van der Waals surface area (Å²) in [6, 6.07) is 5.80. The predicted molar refractivity (Wildman–Crippen MR) is 53.1 cm³/mol. The molecule has 0 bridgehead atoms. The maximum Gasteiger partial charge on any atom is 0.0640 e. The molecule has 0 saturated heterocycles. The summed E-state index contributed by atoms with van der Waals surface area (Å²) in [5, 5.41) is 0. The maximum absolute atomic E-state index is 5.80. The zero-order valence-corrected chi connectivity index (χ0v) is 7.54. The minimum absolute atomic E-state index is 0.526. The number of hydrogen-bond acceptors (Lipinski definition) is 3. The summed E-state index contributed by atoms with van der Waals surface area (Å²) in [6.45, 7) is 0.526.